The summed E-state index contributed by atoms with van der Waals surface area (Å²) in [5.41, 5.74) is 0. The van der Waals surface area contributed by atoms with Gasteiger partial charge in [-0.2, -0.15) is 0 Å². The Hall–Kier alpha value is 2.17. The third-order valence-corrected chi connectivity index (χ3v) is 41.6. The van der Waals surface area contributed by atoms with Gasteiger partial charge in [-0.15, -0.1) is 0 Å². The van der Waals surface area contributed by atoms with Crippen LogP contribution in [-0.2, 0) is 0 Å². The molecule has 0 spiro atoms. The van der Waals surface area contributed by atoms with Crippen LogP contribution in [0, 0.1) is 0 Å². The van der Waals surface area contributed by atoms with E-state index in [0.717, 1.165) is 0 Å². The van der Waals surface area contributed by atoms with E-state index in [1.807, 2.05) is 28.0 Å². The Bertz CT molecular complexity index is 418. The normalized spacial score (nSPS) is 13.5. The molecule has 0 saturated carbocycles. The minimum atomic E-state index is -1.06. The first-order valence-electron chi connectivity index (χ1n) is 11.8. The fraction of sp³-hybridized carbons (Fsp3) is 1.00. The van der Waals surface area contributed by atoms with Crippen molar-refractivity contribution < 1.29 is 0 Å². The third-order valence-electron chi connectivity index (χ3n) is 7.38. The van der Waals surface area contributed by atoms with Crippen LogP contribution in [0.5, 0.6) is 0 Å². The van der Waals surface area contributed by atoms with Crippen LogP contribution in [0.2, 0.25) is 72.5 Å². The van der Waals surface area contributed by atoms with E-state index < -0.39 is 15.2 Å². The molecule has 0 aliphatic rings. The van der Waals surface area contributed by atoms with E-state index in [4.69, 9.17) is 0 Å². The van der Waals surface area contributed by atoms with Gasteiger partial charge in [0.25, 0.3) is 0 Å². The van der Waals surface area contributed by atoms with E-state index in [0.29, 0.717) is 20.2 Å². The van der Waals surface area contributed by atoms with E-state index in [1.54, 1.807) is 0 Å². The fourth-order valence-electron chi connectivity index (χ4n) is 1.16. The molecular weight excluding hydrogens is 574 g/mol. The van der Waals surface area contributed by atoms with Gasteiger partial charge in [-0.3, -0.25) is 0 Å². The molecule has 0 amide bonds. The third kappa shape index (κ3) is 20.1. The Kier molecular flexibility index (Phi) is 19.9. The Morgan fingerprint density at radius 1 is 0.484 bits per heavy atom. The summed E-state index contributed by atoms with van der Waals surface area (Å²) in [6, 6.07) is 0. The first-order valence-corrected chi connectivity index (χ1v) is 32.2. The van der Waals surface area contributed by atoms with Crippen LogP contribution in [0.4, 0.5) is 0 Å². The molecule has 0 atom stereocenters. The van der Waals surface area contributed by atoms with E-state index in [2.05, 4.69) is 135 Å². The van der Waals surface area contributed by atoms with Gasteiger partial charge in [-0.1, -0.05) is 135 Å². The van der Waals surface area contributed by atoms with Gasteiger partial charge in [0, 0.05) is 41.3 Å². The molecule has 0 fully saturated rings. The molecule has 8 radical (unpaired) electrons. The van der Waals surface area contributed by atoms with Gasteiger partial charge in [-0.05, 0) is 20.2 Å². The molecule has 0 aliphatic carbocycles. The van der Waals surface area contributed by atoms with Gasteiger partial charge in [0.2, 0.25) is 0 Å². The van der Waals surface area contributed by atoms with Crippen LogP contribution < -0.4 is 0 Å². The molecule has 0 rings (SSSR count). The molecule has 7 heteroatoms. The second-order valence-corrected chi connectivity index (χ2v) is 41.6. The fourth-order valence-corrected chi connectivity index (χ4v) is 31.2. The molecule has 0 aromatic heterocycles. The second-order valence-electron chi connectivity index (χ2n) is 14.4. The van der Waals surface area contributed by atoms with Crippen LogP contribution in [0.3, 0.4) is 0 Å². The summed E-state index contributed by atoms with van der Waals surface area (Å²) in [6.45, 7) is 48.3. The van der Waals surface area contributed by atoms with Crippen molar-refractivity contribution in [2.24, 2.45) is 0 Å². The van der Waals surface area contributed by atoms with E-state index in [1.165, 1.54) is 8.55 Å². The Morgan fingerprint density at radius 3 is 0.677 bits per heavy atom. The first-order chi connectivity index (χ1) is 13.1. The zero-order chi connectivity index (χ0) is 26.9. The molecule has 0 aromatic carbocycles. The maximum atomic E-state index is 2.59. The van der Waals surface area contributed by atoms with Gasteiger partial charge < -0.3 is 0 Å². The molecule has 31 heavy (non-hydrogen) atoms. The molecule has 0 saturated heterocycles. The van der Waals surface area contributed by atoms with Crippen LogP contribution in [0.15, 0.2) is 0 Å². The zero-order valence-corrected chi connectivity index (χ0v) is 34.7. The topological polar surface area (TPSA) is 0 Å². The van der Waals surface area contributed by atoms with Crippen molar-refractivity contribution in [3.63, 3.8) is 0 Å². The predicted octanol–water partition coefficient (Wildman–Crippen LogP) is 9.02. The molecule has 184 valence electrons. The molecule has 0 aliphatic heterocycles. The number of hydrogen-bond acceptors (Lipinski definition) is 0. The van der Waals surface area contributed by atoms with E-state index >= 15 is 0 Å². The van der Waals surface area contributed by atoms with Crippen molar-refractivity contribution >= 4 is 69.3 Å². The van der Waals surface area contributed by atoms with Gasteiger partial charge >= 0.3 is 28.0 Å². The van der Waals surface area contributed by atoms with Crippen molar-refractivity contribution in [3.8, 4) is 0 Å². The first kappa shape index (κ1) is 40.3. The molecule has 0 aromatic rings. The van der Waals surface area contributed by atoms with Crippen molar-refractivity contribution in [1.82, 2.24) is 0 Å². The quantitative estimate of drug-likeness (QED) is 0.266. The summed E-state index contributed by atoms with van der Waals surface area (Å²) in [5, 5.41) is 2.32. The van der Waals surface area contributed by atoms with Gasteiger partial charge in [-0.25, -0.2) is 0 Å². The van der Waals surface area contributed by atoms with E-state index in [9.17, 15) is 0 Å². The number of hydrogen-bond donors (Lipinski definition) is 0. The molecule has 0 unspecified atom stereocenters. The summed E-state index contributed by atoms with van der Waals surface area (Å²) in [7, 11) is -0.955. The molecule has 0 heterocycles. The Balaban J connectivity index is -0.000000190. The monoisotopic (exact) mass is 636 g/mol. The standard InChI is InChI=1S/C12H30Si3.2C6H15Si.Ge2/c1-11(2,3)14(7,8)13-15(9,10)12(4,5)6;2*1-6(2,3)7(4)5;1-2/h1-10H3;2*1-5H3;. The van der Waals surface area contributed by atoms with Crippen molar-refractivity contribution in [3.05, 3.63) is 0 Å². The molecule has 0 nitrogen and oxygen atoms in total. The summed E-state index contributed by atoms with van der Waals surface area (Å²) >= 11 is 4.00. The van der Waals surface area contributed by atoms with E-state index in [-0.39, 0.29) is 17.6 Å². The predicted molar refractivity (Wildman–Crippen MR) is 166 cm³/mol. The van der Waals surface area contributed by atoms with Crippen LogP contribution in [0.1, 0.15) is 83.1 Å². The Morgan fingerprint density at radius 2 is 0.613 bits per heavy atom. The number of rotatable bonds is 2. The van der Waals surface area contributed by atoms with Crippen molar-refractivity contribution in [2.75, 3.05) is 0 Å². The summed E-state index contributed by atoms with van der Waals surface area (Å²) in [4.78, 5) is 0. The van der Waals surface area contributed by atoms with Gasteiger partial charge in [0.05, 0.1) is 0 Å². The summed E-state index contributed by atoms with van der Waals surface area (Å²) in [6.07, 6.45) is 0. The van der Waals surface area contributed by atoms with Crippen molar-refractivity contribution in [2.45, 2.75) is 156 Å². The molecule has 0 N–H and O–H groups in total. The zero-order valence-electron chi connectivity index (χ0n) is 25.5. The second kappa shape index (κ2) is 15.3. The molecule has 0 bridgehead atoms. The SMILES string of the molecule is CC(C)(C)[Si](C)(C)[Si][Si](C)(C)C(C)(C)C.C[Si](C)C(C)(C)C.C[Si](C)C(C)(C)C.[Ge]=[Ge]. The van der Waals surface area contributed by atoms with Gasteiger partial charge in [0.15, 0.2) is 0 Å². The average molecular weight is 634 g/mol. The van der Waals surface area contributed by atoms with Crippen LogP contribution in [0.25, 0.3) is 0 Å². The summed E-state index contributed by atoms with van der Waals surface area (Å²) < 4.78 is 0. The summed E-state index contributed by atoms with van der Waals surface area (Å²) in [5.74, 6) is 0. The minimum absolute atomic E-state index is 0.0502. The van der Waals surface area contributed by atoms with Crippen LogP contribution >= 0.6 is 0 Å². The van der Waals surface area contributed by atoms with Gasteiger partial charge in [0.1, 0.15) is 0 Å². The van der Waals surface area contributed by atoms with Crippen molar-refractivity contribution in [1.29, 1.82) is 0 Å². The average Bonchev–Trinajstić information content (AvgIpc) is 2.45. The molecular formula is C24H60Ge2Si5. The van der Waals surface area contributed by atoms with Crippen LogP contribution in [-0.4, -0.2) is 69.3 Å². The Labute approximate surface area is 223 Å². The maximum absolute atomic E-state index is 2.59.